The van der Waals surface area contributed by atoms with Crippen LogP contribution in [0.15, 0.2) is 18.2 Å². The molecular formula is C14H19NO3S. The van der Waals surface area contributed by atoms with Crippen molar-refractivity contribution in [3.05, 3.63) is 34.9 Å². The summed E-state index contributed by atoms with van der Waals surface area (Å²) in [7, 11) is -3.60. The first-order chi connectivity index (χ1) is 8.78. The summed E-state index contributed by atoms with van der Waals surface area (Å²) in [5.74, 6) is -0.338. The summed E-state index contributed by atoms with van der Waals surface area (Å²) in [5.41, 5.74) is 2.67. The molecule has 5 heteroatoms. The van der Waals surface area contributed by atoms with E-state index in [2.05, 4.69) is 4.72 Å². The standard InChI is InChI=1S/C14H19NO3S/c1-9-4-5-10(2)12(6-9)8-19(17,18)15-14(16)13-7-11(13)3/h4-6,11,13H,7-8H2,1-3H3,(H,15,16)/t11-,13+/m1/s1. The van der Waals surface area contributed by atoms with Gasteiger partial charge in [0.05, 0.1) is 5.75 Å². The average Bonchev–Trinajstić information content (AvgIpc) is 3.00. The number of nitrogens with one attached hydrogen (secondary N) is 1. The third-order valence-corrected chi connectivity index (χ3v) is 4.76. The Morgan fingerprint density at radius 1 is 1.37 bits per heavy atom. The molecule has 104 valence electrons. The molecule has 1 fully saturated rings. The van der Waals surface area contributed by atoms with Crippen LogP contribution in [0.1, 0.15) is 30.0 Å². The molecule has 0 heterocycles. The third-order valence-electron chi connectivity index (χ3n) is 3.55. The van der Waals surface area contributed by atoms with E-state index in [1.54, 1.807) is 0 Å². The smallest absolute Gasteiger partial charge is 0.239 e. The molecule has 1 saturated carbocycles. The van der Waals surface area contributed by atoms with Gasteiger partial charge in [0, 0.05) is 5.92 Å². The number of sulfonamides is 1. The Labute approximate surface area is 114 Å². The molecule has 1 aliphatic carbocycles. The van der Waals surface area contributed by atoms with Crippen LogP contribution >= 0.6 is 0 Å². The normalized spacial score (nSPS) is 22.1. The van der Waals surface area contributed by atoms with E-state index in [0.29, 0.717) is 5.92 Å². The van der Waals surface area contributed by atoms with Gasteiger partial charge in [-0.15, -0.1) is 0 Å². The van der Waals surface area contributed by atoms with Crippen molar-refractivity contribution in [1.82, 2.24) is 4.72 Å². The highest BCUT2D eigenvalue weighted by molar-refractivity contribution is 7.89. The molecule has 2 atom stereocenters. The van der Waals surface area contributed by atoms with Crippen LogP contribution in [0.25, 0.3) is 0 Å². The highest BCUT2D eigenvalue weighted by atomic mass is 32.2. The summed E-state index contributed by atoms with van der Waals surface area (Å²) in [6.07, 6.45) is 0.783. The lowest BCUT2D eigenvalue weighted by molar-refractivity contribution is -0.120. The third kappa shape index (κ3) is 3.56. The monoisotopic (exact) mass is 281 g/mol. The van der Waals surface area contributed by atoms with Gasteiger partial charge < -0.3 is 0 Å². The number of benzene rings is 1. The molecule has 1 N–H and O–H groups in total. The highest BCUT2D eigenvalue weighted by Crippen LogP contribution is 2.37. The summed E-state index contributed by atoms with van der Waals surface area (Å²) in [4.78, 5) is 11.7. The quantitative estimate of drug-likeness (QED) is 0.917. The summed E-state index contributed by atoms with van der Waals surface area (Å²) >= 11 is 0. The largest absolute Gasteiger partial charge is 0.274 e. The van der Waals surface area contributed by atoms with Crippen LogP contribution in [-0.4, -0.2) is 14.3 Å². The molecule has 19 heavy (non-hydrogen) atoms. The maximum absolute atomic E-state index is 12.0. The van der Waals surface area contributed by atoms with Gasteiger partial charge in [-0.3, -0.25) is 9.52 Å². The Kier molecular flexibility index (Phi) is 3.67. The van der Waals surface area contributed by atoms with Crippen LogP contribution < -0.4 is 4.72 Å². The summed E-state index contributed by atoms with van der Waals surface area (Å²) in [6.45, 7) is 5.73. The van der Waals surface area contributed by atoms with Crippen LogP contribution in [0.2, 0.25) is 0 Å². The zero-order chi connectivity index (χ0) is 14.2. The van der Waals surface area contributed by atoms with E-state index in [-0.39, 0.29) is 17.6 Å². The molecule has 2 rings (SSSR count). The van der Waals surface area contributed by atoms with Gasteiger partial charge in [0.1, 0.15) is 0 Å². The molecule has 0 saturated heterocycles. The van der Waals surface area contributed by atoms with Crippen molar-refractivity contribution < 1.29 is 13.2 Å². The number of carbonyl (C=O) groups excluding carboxylic acids is 1. The Morgan fingerprint density at radius 2 is 2.00 bits per heavy atom. The van der Waals surface area contributed by atoms with Gasteiger partial charge in [-0.1, -0.05) is 30.7 Å². The Balaban J connectivity index is 2.08. The number of hydrogen-bond acceptors (Lipinski definition) is 3. The van der Waals surface area contributed by atoms with Gasteiger partial charge in [0.15, 0.2) is 0 Å². The number of aryl methyl sites for hydroxylation is 2. The molecule has 0 spiro atoms. The molecule has 0 bridgehead atoms. The van der Waals surface area contributed by atoms with Gasteiger partial charge in [-0.2, -0.15) is 0 Å². The lowest BCUT2D eigenvalue weighted by Crippen LogP contribution is -2.33. The SMILES string of the molecule is Cc1ccc(C)c(CS(=O)(=O)NC(=O)[C@H]2C[C@H]2C)c1. The van der Waals surface area contributed by atoms with E-state index < -0.39 is 10.0 Å². The van der Waals surface area contributed by atoms with E-state index in [1.165, 1.54) is 0 Å². The zero-order valence-corrected chi connectivity index (χ0v) is 12.3. The molecule has 4 nitrogen and oxygen atoms in total. The lowest BCUT2D eigenvalue weighted by atomic mass is 10.1. The molecule has 1 amide bonds. The Hall–Kier alpha value is -1.36. The van der Waals surface area contributed by atoms with Crippen molar-refractivity contribution >= 4 is 15.9 Å². The van der Waals surface area contributed by atoms with Crippen LogP contribution in [0.3, 0.4) is 0 Å². The predicted molar refractivity (Wildman–Crippen MR) is 74.0 cm³/mol. The van der Waals surface area contributed by atoms with Gasteiger partial charge in [-0.25, -0.2) is 8.42 Å². The first kappa shape index (κ1) is 14.1. The number of carbonyl (C=O) groups is 1. The van der Waals surface area contributed by atoms with E-state index in [0.717, 1.165) is 23.1 Å². The maximum atomic E-state index is 12.0. The van der Waals surface area contributed by atoms with Crippen LogP contribution in [0.4, 0.5) is 0 Å². The summed E-state index contributed by atoms with van der Waals surface area (Å²) in [6, 6.07) is 5.68. The minimum atomic E-state index is -3.60. The van der Waals surface area contributed by atoms with E-state index in [1.807, 2.05) is 39.0 Å². The maximum Gasteiger partial charge on any atom is 0.239 e. The van der Waals surface area contributed by atoms with Crippen molar-refractivity contribution in [3.8, 4) is 0 Å². The van der Waals surface area contributed by atoms with Crippen molar-refractivity contribution in [2.45, 2.75) is 32.9 Å². The first-order valence-electron chi connectivity index (χ1n) is 6.39. The van der Waals surface area contributed by atoms with Crippen molar-refractivity contribution in [2.24, 2.45) is 11.8 Å². The van der Waals surface area contributed by atoms with Gasteiger partial charge in [0.25, 0.3) is 0 Å². The first-order valence-corrected chi connectivity index (χ1v) is 8.04. The summed E-state index contributed by atoms with van der Waals surface area (Å²) < 4.78 is 26.1. The van der Waals surface area contributed by atoms with Crippen LogP contribution in [0, 0.1) is 25.7 Å². The molecule has 0 aromatic heterocycles. The highest BCUT2D eigenvalue weighted by Gasteiger charge is 2.40. The second-order valence-electron chi connectivity index (χ2n) is 5.47. The van der Waals surface area contributed by atoms with Crippen molar-refractivity contribution in [2.75, 3.05) is 0 Å². The second kappa shape index (κ2) is 4.96. The molecule has 0 radical (unpaired) electrons. The van der Waals surface area contributed by atoms with Gasteiger partial charge in [-0.05, 0) is 37.3 Å². The van der Waals surface area contributed by atoms with Gasteiger partial charge in [0.2, 0.25) is 15.9 Å². The molecule has 0 unspecified atom stereocenters. The van der Waals surface area contributed by atoms with Gasteiger partial charge >= 0.3 is 0 Å². The topological polar surface area (TPSA) is 63.2 Å². The number of hydrogen-bond donors (Lipinski definition) is 1. The fourth-order valence-electron chi connectivity index (χ4n) is 2.11. The minimum Gasteiger partial charge on any atom is -0.274 e. The van der Waals surface area contributed by atoms with E-state index >= 15 is 0 Å². The predicted octanol–water partition coefficient (Wildman–Crippen LogP) is 1.91. The molecule has 1 aliphatic rings. The number of amides is 1. The fourth-order valence-corrected chi connectivity index (χ4v) is 3.36. The number of rotatable bonds is 4. The van der Waals surface area contributed by atoms with Crippen LogP contribution in [0.5, 0.6) is 0 Å². The lowest BCUT2D eigenvalue weighted by Gasteiger charge is -2.09. The Bertz CT molecular complexity index is 607. The van der Waals surface area contributed by atoms with E-state index in [4.69, 9.17) is 0 Å². The van der Waals surface area contributed by atoms with E-state index in [9.17, 15) is 13.2 Å². The minimum absolute atomic E-state index is 0.131. The van der Waals surface area contributed by atoms with Crippen LogP contribution in [-0.2, 0) is 20.6 Å². The Morgan fingerprint density at radius 3 is 2.58 bits per heavy atom. The zero-order valence-electron chi connectivity index (χ0n) is 11.4. The van der Waals surface area contributed by atoms with Crippen molar-refractivity contribution in [3.63, 3.8) is 0 Å². The molecule has 1 aromatic carbocycles. The molecular weight excluding hydrogens is 262 g/mol. The summed E-state index contributed by atoms with van der Waals surface area (Å²) in [5, 5.41) is 0. The van der Waals surface area contributed by atoms with Crippen molar-refractivity contribution in [1.29, 1.82) is 0 Å². The average molecular weight is 281 g/mol. The second-order valence-corrected chi connectivity index (χ2v) is 7.20. The molecule has 0 aliphatic heterocycles. The fraction of sp³-hybridized carbons (Fsp3) is 0.500. The molecule has 1 aromatic rings.